The van der Waals surface area contributed by atoms with Crippen LogP contribution in [0.3, 0.4) is 0 Å². The predicted octanol–water partition coefficient (Wildman–Crippen LogP) is -2.69. The van der Waals surface area contributed by atoms with Crippen LogP contribution in [0.2, 0.25) is 0 Å². The second-order valence-electron chi connectivity index (χ2n) is 4.88. The van der Waals surface area contributed by atoms with Crippen molar-refractivity contribution in [2.24, 2.45) is 0 Å². The van der Waals surface area contributed by atoms with Gasteiger partial charge in [0.25, 0.3) is 0 Å². The number of β-amino-alcohol motifs (C(OH)–C–C–N with tert-alkyl or cyclic N) is 1. The Morgan fingerprint density at radius 3 is 2.31 bits per heavy atom. The van der Waals surface area contributed by atoms with Crippen molar-refractivity contribution in [2.75, 3.05) is 40.8 Å². The zero-order valence-electron chi connectivity index (χ0n) is 10.0. The van der Waals surface area contributed by atoms with Crippen LogP contribution >= 0.6 is 0 Å². The maximum atomic E-state index is 10.0. The minimum atomic E-state index is -1.22. The third-order valence-corrected chi connectivity index (χ3v) is 3.35. The average molecular weight is 234 g/mol. The summed E-state index contributed by atoms with van der Waals surface area (Å²) in [5, 5.41) is 38.8. The first-order valence-corrected chi connectivity index (χ1v) is 5.36. The van der Waals surface area contributed by atoms with E-state index in [1.54, 1.807) is 11.9 Å². The zero-order chi connectivity index (χ0) is 12.5. The van der Waals surface area contributed by atoms with E-state index in [2.05, 4.69) is 0 Å². The van der Waals surface area contributed by atoms with E-state index in [1.165, 1.54) is 0 Å². The number of likely N-dealkylation sites (tertiary alicyclic amines) is 1. The highest BCUT2D eigenvalue weighted by atomic mass is 16.4. The highest BCUT2D eigenvalue weighted by Crippen LogP contribution is 2.28. The van der Waals surface area contributed by atoms with Crippen molar-refractivity contribution >= 4 is 0 Å². The van der Waals surface area contributed by atoms with Gasteiger partial charge in [-0.05, 0) is 21.1 Å². The molecule has 16 heavy (non-hydrogen) atoms. The molecule has 1 aliphatic heterocycles. The second kappa shape index (κ2) is 4.95. The Morgan fingerprint density at radius 1 is 1.31 bits per heavy atom. The first-order valence-electron chi connectivity index (χ1n) is 5.36. The van der Waals surface area contributed by atoms with Crippen molar-refractivity contribution in [3.8, 4) is 0 Å². The lowest BCUT2D eigenvalue weighted by Crippen LogP contribution is -2.72. The topological polar surface area (TPSA) is 87.4 Å². The van der Waals surface area contributed by atoms with E-state index in [0.29, 0.717) is 6.54 Å². The van der Waals surface area contributed by atoms with E-state index in [9.17, 15) is 20.4 Å². The number of nitrogens with zero attached hydrogens (tertiary/aromatic N) is 2. The molecule has 4 atom stereocenters. The van der Waals surface area contributed by atoms with Gasteiger partial charge in [-0.3, -0.25) is 4.90 Å². The van der Waals surface area contributed by atoms with Crippen molar-refractivity contribution in [1.82, 2.24) is 9.80 Å². The fourth-order valence-corrected chi connectivity index (χ4v) is 2.35. The van der Waals surface area contributed by atoms with Gasteiger partial charge in [-0.15, -0.1) is 0 Å². The molecule has 6 nitrogen and oxygen atoms in total. The lowest BCUT2D eigenvalue weighted by atomic mass is 9.81. The zero-order valence-corrected chi connectivity index (χ0v) is 10.0. The van der Waals surface area contributed by atoms with Gasteiger partial charge in [0.05, 0.1) is 18.2 Å². The molecule has 1 rings (SSSR count). The number of aliphatic hydroxyl groups excluding tert-OH is 4. The van der Waals surface area contributed by atoms with E-state index >= 15 is 0 Å². The number of aliphatic hydroxyl groups is 4. The summed E-state index contributed by atoms with van der Waals surface area (Å²) < 4.78 is 0. The van der Waals surface area contributed by atoms with Gasteiger partial charge in [-0.2, -0.15) is 0 Å². The number of likely N-dealkylation sites (N-methyl/N-ethyl adjacent to an activating group) is 2. The highest BCUT2D eigenvalue weighted by Gasteiger charge is 2.51. The molecule has 0 saturated carbocycles. The van der Waals surface area contributed by atoms with Crippen molar-refractivity contribution in [3.63, 3.8) is 0 Å². The molecule has 96 valence electrons. The summed E-state index contributed by atoms with van der Waals surface area (Å²) >= 11 is 0. The molecular weight excluding hydrogens is 212 g/mol. The molecule has 0 aromatic carbocycles. The van der Waals surface area contributed by atoms with Gasteiger partial charge < -0.3 is 25.3 Å². The Hall–Kier alpha value is -0.240. The van der Waals surface area contributed by atoms with Gasteiger partial charge in [0.2, 0.25) is 0 Å². The van der Waals surface area contributed by atoms with E-state index in [-0.39, 0.29) is 13.2 Å². The number of rotatable bonds is 3. The monoisotopic (exact) mass is 234 g/mol. The summed E-state index contributed by atoms with van der Waals surface area (Å²) in [4.78, 5) is 3.54. The fraction of sp³-hybridized carbons (Fsp3) is 1.00. The summed E-state index contributed by atoms with van der Waals surface area (Å²) in [5.74, 6) is 0. The molecular formula is C10H22N2O4. The van der Waals surface area contributed by atoms with Gasteiger partial charge in [0.1, 0.15) is 12.2 Å². The van der Waals surface area contributed by atoms with Gasteiger partial charge in [0.15, 0.2) is 0 Å². The van der Waals surface area contributed by atoms with Gasteiger partial charge in [0, 0.05) is 13.1 Å². The molecule has 6 heteroatoms. The van der Waals surface area contributed by atoms with Gasteiger partial charge in [-0.1, -0.05) is 0 Å². The SMILES string of the molecule is CN(C)CC1(CO)C(O)C(O)C(O)CN1C. The first-order chi connectivity index (χ1) is 7.35. The van der Waals surface area contributed by atoms with Crippen LogP contribution in [0.1, 0.15) is 0 Å². The van der Waals surface area contributed by atoms with Crippen molar-refractivity contribution < 1.29 is 20.4 Å². The third kappa shape index (κ3) is 2.22. The number of hydrogen-bond acceptors (Lipinski definition) is 6. The third-order valence-electron chi connectivity index (χ3n) is 3.35. The Bertz CT molecular complexity index is 239. The number of piperidine rings is 1. The molecule has 4 unspecified atom stereocenters. The van der Waals surface area contributed by atoms with Gasteiger partial charge >= 0.3 is 0 Å². The smallest absolute Gasteiger partial charge is 0.109 e. The van der Waals surface area contributed by atoms with E-state index in [0.717, 1.165) is 0 Å². The molecule has 4 N–H and O–H groups in total. The fourth-order valence-electron chi connectivity index (χ4n) is 2.35. The average Bonchev–Trinajstić information content (AvgIpc) is 2.21. The lowest BCUT2D eigenvalue weighted by molar-refractivity contribution is -0.184. The minimum absolute atomic E-state index is 0.229. The second-order valence-corrected chi connectivity index (χ2v) is 4.88. The standard InChI is InChI=1S/C10H22N2O4/c1-11(2)5-10(6-13)9(16)8(15)7(14)4-12(10)3/h7-9,13-16H,4-6H2,1-3H3. The van der Waals surface area contributed by atoms with Crippen LogP contribution < -0.4 is 0 Å². The summed E-state index contributed by atoms with van der Waals surface area (Å²) in [5.41, 5.74) is -0.928. The molecule has 1 fully saturated rings. The molecule has 0 radical (unpaired) electrons. The molecule has 0 amide bonds. The molecule has 1 saturated heterocycles. The normalized spacial score (nSPS) is 41.6. The molecule has 0 aliphatic carbocycles. The summed E-state index contributed by atoms with van der Waals surface area (Å²) in [6.45, 7) is 0.365. The summed E-state index contributed by atoms with van der Waals surface area (Å²) in [7, 11) is 5.38. The van der Waals surface area contributed by atoms with Crippen LogP contribution in [0, 0.1) is 0 Å². The predicted molar refractivity (Wildman–Crippen MR) is 59.0 cm³/mol. The largest absolute Gasteiger partial charge is 0.394 e. The molecule has 1 aliphatic rings. The molecule has 0 spiro atoms. The van der Waals surface area contributed by atoms with Crippen LogP contribution in [0.5, 0.6) is 0 Å². The maximum Gasteiger partial charge on any atom is 0.109 e. The Labute approximate surface area is 95.7 Å². The summed E-state index contributed by atoms with van der Waals surface area (Å²) in [6.07, 6.45) is -3.38. The van der Waals surface area contributed by atoms with Crippen molar-refractivity contribution in [2.45, 2.75) is 23.9 Å². The quantitative estimate of drug-likeness (QED) is 0.425. The highest BCUT2D eigenvalue weighted by molar-refractivity contribution is 5.06. The minimum Gasteiger partial charge on any atom is -0.394 e. The van der Waals surface area contributed by atoms with Crippen LogP contribution in [-0.4, -0.2) is 94.9 Å². The van der Waals surface area contributed by atoms with Crippen LogP contribution in [0.15, 0.2) is 0 Å². The number of hydrogen-bond donors (Lipinski definition) is 4. The van der Waals surface area contributed by atoms with Crippen LogP contribution in [0.25, 0.3) is 0 Å². The van der Waals surface area contributed by atoms with Gasteiger partial charge in [-0.25, -0.2) is 0 Å². The molecule has 0 aromatic heterocycles. The Balaban J connectivity index is 2.96. The Morgan fingerprint density at radius 2 is 1.88 bits per heavy atom. The van der Waals surface area contributed by atoms with Crippen molar-refractivity contribution in [1.29, 1.82) is 0 Å². The first kappa shape index (κ1) is 13.8. The Kier molecular flexibility index (Phi) is 4.28. The van der Waals surface area contributed by atoms with Crippen LogP contribution in [-0.2, 0) is 0 Å². The maximum absolute atomic E-state index is 10.0. The molecule has 0 bridgehead atoms. The molecule has 1 heterocycles. The van der Waals surface area contributed by atoms with Crippen LogP contribution in [0.4, 0.5) is 0 Å². The van der Waals surface area contributed by atoms with E-state index in [4.69, 9.17) is 0 Å². The molecule has 0 aromatic rings. The lowest BCUT2D eigenvalue weighted by Gasteiger charge is -2.51. The summed E-state index contributed by atoms with van der Waals surface area (Å²) in [6, 6.07) is 0. The van der Waals surface area contributed by atoms with E-state index in [1.807, 2.05) is 19.0 Å². The van der Waals surface area contributed by atoms with E-state index < -0.39 is 23.9 Å². The van der Waals surface area contributed by atoms with Crippen molar-refractivity contribution in [3.05, 3.63) is 0 Å².